The molecule has 4 saturated carbocycles. The number of hydrogen-bond acceptors (Lipinski definition) is 0. The van der Waals surface area contributed by atoms with E-state index in [1.807, 2.05) is 0 Å². The fourth-order valence-electron chi connectivity index (χ4n) is 8.38. The van der Waals surface area contributed by atoms with Crippen LogP contribution in [-0.2, 0) is 0 Å². The van der Waals surface area contributed by atoms with Gasteiger partial charge in [-0.2, -0.15) is 0 Å². The van der Waals surface area contributed by atoms with Gasteiger partial charge in [-0.1, -0.05) is 78.1 Å². The Morgan fingerprint density at radius 1 is 0.640 bits per heavy atom. The van der Waals surface area contributed by atoms with Crippen LogP contribution in [-0.4, -0.2) is 0 Å². The molecular weight excluding hydrogens is 300 g/mol. The molecule has 0 aromatic heterocycles. The van der Waals surface area contributed by atoms with Gasteiger partial charge in [0.05, 0.1) is 0 Å². The Morgan fingerprint density at radius 2 is 1.20 bits per heavy atom. The Balaban J connectivity index is 1.48. The van der Waals surface area contributed by atoms with Crippen molar-refractivity contribution in [3.05, 3.63) is 0 Å². The van der Waals surface area contributed by atoms with Gasteiger partial charge >= 0.3 is 0 Å². The predicted molar refractivity (Wildman–Crippen MR) is 109 cm³/mol. The molecule has 0 N–H and O–H groups in total. The first kappa shape index (κ1) is 18.4. The summed E-state index contributed by atoms with van der Waals surface area (Å²) in [7, 11) is 0. The first-order valence-corrected chi connectivity index (χ1v) is 12.1. The Bertz CT molecular complexity index is 427. The molecule has 4 aliphatic carbocycles. The molecule has 0 aromatic carbocycles. The molecule has 0 nitrogen and oxygen atoms in total. The van der Waals surface area contributed by atoms with Crippen LogP contribution in [0.4, 0.5) is 0 Å². The maximum atomic E-state index is 2.76. The number of rotatable bonds is 4. The van der Waals surface area contributed by atoms with Crippen LogP contribution in [0.3, 0.4) is 0 Å². The van der Waals surface area contributed by atoms with E-state index in [0.29, 0.717) is 10.8 Å². The van der Waals surface area contributed by atoms with Gasteiger partial charge in [0.2, 0.25) is 0 Å². The predicted octanol–water partition coefficient (Wildman–Crippen LogP) is 8.15. The zero-order valence-corrected chi connectivity index (χ0v) is 17.3. The summed E-state index contributed by atoms with van der Waals surface area (Å²) in [5, 5.41) is 0. The molecule has 144 valence electrons. The van der Waals surface area contributed by atoms with E-state index >= 15 is 0 Å². The fourth-order valence-corrected chi connectivity index (χ4v) is 8.38. The van der Waals surface area contributed by atoms with Crippen LogP contribution in [0.15, 0.2) is 0 Å². The van der Waals surface area contributed by atoms with Gasteiger partial charge in [-0.25, -0.2) is 0 Å². The molecule has 4 rings (SSSR count). The lowest BCUT2D eigenvalue weighted by Gasteiger charge is -2.44. The van der Waals surface area contributed by atoms with Crippen LogP contribution in [0, 0.1) is 34.5 Å². The minimum absolute atomic E-state index is 0.675. The van der Waals surface area contributed by atoms with Gasteiger partial charge in [0.1, 0.15) is 0 Å². The van der Waals surface area contributed by atoms with Crippen molar-refractivity contribution in [3.63, 3.8) is 0 Å². The van der Waals surface area contributed by atoms with Gasteiger partial charge in [0.25, 0.3) is 0 Å². The van der Waals surface area contributed by atoms with E-state index in [0.717, 1.165) is 23.7 Å². The standard InChI is InChI=1S/C25H44/c1-24(18-17-20-11-5-3-6-12-20)19-25(2,21-13-7-4-8-14-21)23-16-10-9-15-22(23)24/h20-23H,3-19H2,1-2H3. The highest BCUT2D eigenvalue weighted by molar-refractivity contribution is 5.07. The third-order valence-electron chi connectivity index (χ3n) is 9.68. The third-order valence-corrected chi connectivity index (χ3v) is 9.68. The lowest BCUT2D eigenvalue weighted by molar-refractivity contribution is 0.0536. The lowest BCUT2D eigenvalue weighted by Crippen LogP contribution is -2.36. The molecule has 0 radical (unpaired) electrons. The monoisotopic (exact) mass is 344 g/mol. The van der Waals surface area contributed by atoms with E-state index < -0.39 is 0 Å². The van der Waals surface area contributed by atoms with E-state index in [1.54, 1.807) is 57.8 Å². The molecule has 0 aliphatic heterocycles. The van der Waals surface area contributed by atoms with Crippen molar-refractivity contribution in [3.8, 4) is 0 Å². The SMILES string of the molecule is CC1(CCC2CCCCC2)CC(C)(C2CCCCC2)C2CCCCC21. The summed E-state index contributed by atoms with van der Waals surface area (Å²) >= 11 is 0. The first-order chi connectivity index (χ1) is 12.1. The average Bonchev–Trinajstić information content (AvgIpc) is 2.91. The van der Waals surface area contributed by atoms with Crippen molar-refractivity contribution in [1.82, 2.24) is 0 Å². The minimum Gasteiger partial charge on any atom is -0.0593 e. The van der Waals surface area contributed by atoms with Crippen molar-refractivity contribution in [2.24, 2.45) is 34.5 Å². The normalized spacial score (nSPS) is 43.9. The van der Waals surface area contributed by atoms with Crippen LogP contribution in [0.25, 0.3) is 0 Å². The lowest BCUT2D eigenvalue weighted by atomic mass is 9.61. The molecule has 0 spiro atoms. The molecule has 4 aliphatic rings. The zero-order chi connectivity index (χ0) is 17.3. The minimum atomic E-state index is 0.675. The Labute approximate surface area is 157 Å². The molecule has 0 bridgehead atoms. The summed E-state index contributed by atoms with van der Waals surface area (Å²) in [5.74, 6) is 4.27. The van der Waals surface area contributed by atoms with Gasteiger partial charge in [0.15, 0.2) is 0 Å². The maximum absolute atomic E-state index is 2.76. The second-order valence-corrected chi connectivity index (χ2v) is 11.2. The van der Waals surface area contributed by atoms with Crippen LogP contribution < -0.4 is 0 Å². The van der Waals surface area contributed by atoms with Gasteiger partial charge < -0.3 is 0 Å². The van der Waals surface area contributed by atoms with E-state index in [2.05, 4.69) is 13.8 Å². The Hall–Kier alpha value is 0. The van der Waals surface area contributed by atoms with Crippen molar-refractivity contribution in [2.75, 3.05) is 0 Å². The second-order valence-electron chi connectivity index (χ2n) is 11.2. The summed E-state index contributed by atoms with van der Waals surface area (Å²) in [6, 6.07) is 0. The van der Waals surface area contributed by atoms with Gasteiger partial charge in [-0.3, -0.25) is 0 Å². The quantitative estimate of drug-likeness (QED) is 0.482. The summed E-state index contributed by atoms with van der Waals surface area (Å²) < 4.78 is 0. The smallest absolute Gasteiger partial charge is 0.0261 e. The molecule has 0 amide bonds. The second kappa shape index (κ2) is 7.55. The molecule has 0 heterocycles. The molecule has 4 atom stereocenters. The average molecular weight is 345 g/mol. The third kappa shape index (κ3) is 3.58. The summed E-state index contributed by atoms with van der Waals surface area (Å²) in [5.41, 5.74) is 1.36. The van der Waals surface area contributed by atoms with E-state index in [1.165, 1.54) is 51.4 Å². The van der Waals surface area contributed by atoms with Crippen molar-refractivity contribution >= 4 is 0 Å². The van der Waals surface area contributed by atoms with Crippen LogP contribution in [0.5, 0.6) is 0 Å². The maximum Gasteiger partial charge on any atom is -0.0261 e. The topological polar surface area (TPSA) is 0 Å². The van der Waals surface area contributed by atoms with Crippen LogP contribution >= 0.6 is 0 Å². The number of fused-ring (bicyclic) bond motifs is 1. The molecule has 0 heteroatoms. The molecule has 0 aromatic rings. The van der Waals surface area contributed by atoms with E-state index in [4.69, 9.17) is 0 Å². The molecule has 0 saturated heterocycles. The summed E-state index contributed by atoms with van der Waals surface area (Å²) in [4.78, 5) is 0. The van der Waals surface area contributed by atoms with Crippen LogP contribution in [0.2, 0.25) is 0 Å². The molecule has 4 fully saturated rings. The fraction of sp³-hybridized carbons (Fsp3) is 1.00. The molecule has 25 heavy (non-hydrogen) atoms. The van der Waals surface area contributed by atoms with Gasteiger partial charge in [0, 0.05) is 0 Å². The highest BCUT2D eigenvalue weighted by atomic mass is 14.6. The largest absolute Gasteiger partial charge is 0.0593 e. The Morgan fingerprint density at radius 3 is 1.88 bits per heavy atom. The summed E-state index contributed by atoms with van der Waals surface area (Å²) in [6.45, 7) is 5.50. The van der Waals surface area contributed by atoms with E-state index in [-0.39, 0.29) is 0 Å². The molecule has 4 unspecified atom stereocenters. The first-order valence-electron chi connectivity index (χ1n) is 12.1. The van der Waals surface area contributed by atoms with Crippen molar-refractivity contribution in [1.29, 1.82) is 0 Å². The zero-order valence-electron chi connectivity index (χ0n) is 17.3. The van der Waals surface area contributed by atoms with Gasteiger partial charge in [-0.05, 0) is 79.4 Å². The van der Waals surface area contributed by atoms with Crippen LogP contribution in [0.1, 0.15) is 123 Å². The molecular formula is C25H44. The number of hydrogen-bond donors (Lipinski definition) is 0. The van der Waals surface area contributed by atoms with Crippen molar-refractivity contribution in [2.45, 2.75) is 123 Å². The highest BCUT2D eigenvalue weighted by Gasteiger charge is 2.58. The highest BCUT2D eigenvalue weighted by Crippen LogP contribution is 2.67. The summed E-state index contributed by atoms with van der Waals surface area (Å²) in [6.07, 6.45) is 26.2. The van der Waals surface area contributed by atoms with E-state index in [9.17, 15) is 0 Å². The Kier molecular flexibility index (Phi) is 5.55. The van der Waals surface area contributed by atoms with Gasteiger partial charge in [-0.15, -0.1) is 0 Å². The van der Waals surface area contributed by atoms with Crippen molar-refractivity contribution < 1.29 is 0 Å².